The number of nitrogen functional groups attached to an aromatic ring is 1. The van der Waals surface area contributed by atoms with Gasteiger partial charge in [-0.05, 0) is 26.0 Å². The fourth-order valence-corrected chi connectivity index (χ4v) is 2.10. The Kier molecular flexibility index (Phi) is 3.65. The molecule has 2 aromatic rings. The molecular formula is C14H18N4O2. The minimum absolute atomic E-state index is 0.212. The summed E-state index contributed by atoms with van der Waals surface area (Å²) in [6.45, 7) is 3.66. The standard InChI is InChI=1S/C14H18N4O2/c1-8-13(9(2)18(3)17-8)14(19)16-11-6-5-10(15)7-12(11)20-4/h5-7H,15H2,1-4H3,(H,16,19). The average Bonchev–Trinajstić information content (AvgIpc) is 2.65. The first-order valence-corrected chi connectivity index (χ1v) is 6.19. The predicted molar refractivity (Wildman–Crippen MR) is 78.0 cm³/mol. The number of rotatable bonds is 3. The Morgan fingerprint density at radius 3 is 2.65 bits per heavy atom. The van der Waals surface area contributed by atoms with E-state index in [0.717, 1.165) is 5.69 Å². The van der Waals surface area contributed by atoms with Crippen molar-refractivity contribution < 1.29 is 9.53 Å². The Morgan fingerprint density at radius 2 is 2.10 bits per heavy atom. The zero-order valence-corrected chi connectivity index (χ0v) is 12.0. The fraction of sp³-hybridized carbons (Fsp3) is 0.286. The van der Waals surface area contributed by atoms with Crippen molar-refractivity contribution in [1.29, 1.82) is 0 Å². The molecule has 0 fully saturated rings. The Labute approximate surface area is 117 Å². The largest absolute Gasteiger partial charge is 0.494 e. The van der Waals surface area contributed by atoms with E-state index in [1.165, 1.54) is 7.11 Å². The van der Waals surface area contributed by atoms with E-state index in [0.29, 0.717) is 28.4 Å². The van der Waals surface area contributed by atoms with Gasteiger partial charge in [-0.2, -0.15) is 5.10 Å². The van der Waals surface area contributed by atoms with Crippen molar-refractivity contribution in [3.05, 3.63) is 35.2 Å². The van der Waals surface area contributed by atoms with Crippen molar-refractivity contribution in [3.63, 3.8) is 0 Å². The summed E-state index contributed by atoms with van der Waals surface area (Å²) in [6, 6.07) is 5.09. The molecule has 0 aliphatic heterocycles. The van der Waals surface area contributed by atoms with E-state index in [-0.39, 0.29) is 5.91 Å². The third-order valence-electron chi connectivity index (χ3n) is 3.21. The summed E-state index contributed by atoms with van der Waals surface area (Å²) in [5, 5.41) is 7.06. The van der Waals surface area contributed by atoms with Crippen LogP contribution in [0.4, 0.5) is 11.4 Å². The van der Waals surface area contributed by atoms with Crippen molar-refractivity contribution in [2.45, 2.75) is 13.8 Å². The molecule has 0 spiro atoms. The number of ether oxygens (including phenoxy) is 1. The van der Waals surface area contributed by atoms with Crippen molar-refractivity contribution in [2.24, 2.45) is 7.05 Å². The second-order valence-corrected chi connectivity index (χ2v) is 4.58. The minimum atomic E-state index is -0.212. The van der Waals surface area contributed by atoms with Gasteiger partial charge in [0.05, 0.1) is 24.1 Å². The molecule has 1 aromatic heterocycles. The summed E-state index contributed by atoms with van der Waals surface area (Å²) in [5.74, 6) is 0.314. The third kappa shape index (κ3) is 2.45. The van der Waals surface area contributed by atoms with Gasteiger partial charge in [-0.15, -0.1) is 0 Å². The molecule has 0 unspecified atom stereocenters. The number of carbonyl (C=O) groups excluding carboxylic acids is 1. The number of carbonyl (C=O) groups is 1. The number of benzene rings is 1. The summed E-state index contributed by atoms with van der Waals surface area (Å²) < 4.78 is 6.90. The van der Waals surface area contributed by atoms with Crippen LogP contribution in [-0.4, -0.2) is 22.8 Å². The highest BCUT2D eigenvalue weighted by molar-refractivity contribution is 6.06. The molecule has 0 bridgehead atoms. The number of methoxy groups -OCH3 is 1. The fourth-order valence-electron chi connectivity index (χ4n) is 2.10. The van der Waals surface area contributed by atoms with Gasteiger partial charge in [-0.25, -0.2) is 0 Å². The Balaban J connectivity index is 2.33. The molecule has 106 valence electrons. The summed E-state index contributed by atoms with van der Waals surface area (Å²) in [4.78, 5) is 12.4. The van der Waals surface area contributed by atoms with Crippen molar-refractivity contribution >= 4 is 17.3 Å². The molecule has 0 radical (unpaired) electrons. The lowest BCUT2D eigenvalue weighted by Crippen LogP contribution is -2.14. The van der Waals surface area contributed by atoms with Crippen molar-refractivity contribution in [3.8, 4) is 5.75 Å². The first-order valence-electron chi connectivity index (χ1n) is 6.19. The Morgan fingerprint density at radius 1 is 1.40 bits per heavy atom. The maximum absolute atomic E-state index is 12.4. The molecule has 0 atom stereocenters. The predicted octanol–water partition coefficient (Wildman–Crippen LogP) is 1.88. The van der Waals surface area contributed by atoms with Gasteiger partial charge in [0.1, 0.15) is 5.75 Å². The quantitative estimate of drug-likeness (QED) is 0.837. The van der Waals surface area contributed by atoms with Crippen LogP contribution in [0.1, 0.15) is 21.7 Å². The van der Waals surface area contributed by atoms with Crippen LogP contribution >= 0.6 is 0 Å². The lowest BCUT2D eigenvalue weighted by molar-refractivity contribution is 0.102. The SMILES string of the molecule is COc1cc(N)ccc1NC(=O)c1c(C)nn(C)c1C. The molecule has 2 rings (SSSR count). The second-order valence-electron chi connectivity index (χ2n) is 4.58. The zero-order chi connectivity index (χ0) is 14.9. The molecule has 20 heavy (non-hydrogen) atoms. The number of aromatic nitrogens is 2. The monoisotopic (exact) mass is 274 g/mol. The van der Waals surface area contributed by atoms with E-state index >= 15 is 0 Å². The van der Waals surface area contributed by atoms with Gasteiger partial charge in [-0.3, -0.25) is 9.48 Å². The van der Waals surface area contributed by atoms with Crippen LogP contribution in [0.25, 0.3) is 0 Å². The van der Waals surface area contributed by atoms with E-state index in [2.05, 4.69) is 10.4 Å². The van der Waals surface area contributed by atoms with Gasteiger partial charge in [0, 0.05) is 24.5 Å². The molecular weight excluding hydrogens is 256 g/mol. The maximum Gasteiger partial charge on any atom is 0.259 e. The molecule has 1 heterocycles. The number of hydrogen-bond acceptors (Lipinski definition) is 4. The van der Waals surface area contributed by atoms with E-state index in [1.54, 1.807) is 22.9 Å². The number of nitrogens with one attached hydrogen (secondary N) is 1. The highest BCUT2D eigenvalue weighted by Gasteiger charge is 2.18. The summed E-state index contributed by atoms with van der Waals surface area (Å²) in [5.41, 5.74) is 8.93. The van der Waals surface area contributed by atoms with Crippen LogP contribution < -0.4 is 15.8 Å². The lowest BCUT2D eigenvalue weighted by atomic mass is 10.1. The summed E-state index contributed by atoms with van der Waals surface area (Å²) in [6.07, 6.45) is 0. The molecule has 3 N–H and O–H groups in total. The van der Waals surface area contributed by atoms with Gasteiger partial charge >= 0.3 is 0 Å². The highest BCUT2D eigenvalue weighted by atomic mass is 16.5. The highest BCUT2D eigenvalue weighted by Crippen LogP contribution is 2.27. The molecule has 0 saturated heterocycles. The van der Waals surface area contributed by atoms with Crippen molar-refractivity contribution in [2.75, 3.05) is 18.2 Å². The number of hydrogen-bond donors (Lipinski definition) is 2. The molecule has 6 heteroatoms. The van der Waals surface area contributed by atoms with Crippen molar-refractivity contribution in [1.82, 2.24) is 9.78 Å². The zero-order valence-electron chi connectivity index (χ0n) is 12.0. The lowest BCUT2D eigenvalue weighted by Gasteiger charge is -2.11. The first kappa shape index (κ1) is 13.9. The van der Waals surface area contributed by atoms with Gasteiger partial charge in [0.25, 0.3) is 5.91 Å². The van der Waals surface area contributed by atoms with E-state index in [4.69, 9.17) is 10.5 Å². The molecule has 0 aliphatic carbocycles. The van der Waals surface area contributed by atoms with Crippen LogP contribution in [0.2, 0.25) is 0 Å². The minimum Gasteiger partial charge on any atom is -0.494 e. The van der Waals surface area contributed by atoms with Gasteiger partial charge in [-0.1, -0.05) is 0 Å². The normalized spacial score (nSPS) is 10.4. The molecule has 6 nitrogen and oxygen atoms in total. The molecule has 0 aliphatic rings. The molecule has 1 aromatic carbocycles. The summed E-state index contributed by atoms with van der Waals surface area (Å²) >= 11 is 0. The smallest absolute Gasteiger partial charge is 0.259 e. The number of nitrogens with two attached hydrogens (primary N) is 1. The number of amides is 1. The van der Waals surface area contributed by atoms with Crippen LogP contribution in [0.3, 0.4) is 0 Å². The Bertz CT molecular complexity index is 661. The van der Waals surface area contributed by atoms with E-state index in [9.17, 15) is 4.79 Å². The topological polar surface area (TPSA) is 82.2 Å². The van der Waals surface area contributed by atoms with Gasteiger partial charge in [0.2, 0.25) is 0 Å². The maximum atomic E-state index is 12.4. The van der Waals surface area contributed by atoms with Crippen LogP contribution in [-0.2, 0) is 7.05 Å². The number of aryl methyl sites for hydroxylation is 2. The second kappa shape index (κ2) is 5.24. The van der Waals surface area contributed by atoms with Crippen LogP contribution in [0.15, 0.2) is 18.2 Å². The summed E-state index contributed by atoms with van der Waals surface area (Å²) in [7, 11) is 3.34. The van der Waals surface area contributed by atoms with Gasteiger partial charge < -0.3 is 15.8 Å². The molecule has 0 saturated carbocycles. The van der Waals surface area contributed by atoms with E-state index in [1.807, 2.05) is 20.9 Å². The molecule has 1 amide bonds. The Hall–Kier alpha value is -2.50. The van der Waals surface area contributed by atoms with Crippen LogP contribution in [0.5, 0.6) is 5.75 Å². The van der Waals surface area contributed by atoms with Crippen LogP contribution in [0, 0.1) is 13.8 Å². The third-order valence-corrected chi connectivity index (χ3v) is 3.21. The number of anilines is 2. The first-order chi connectivity index (χ1) is 9.43. The van der Waals surface area contributed by atoms with E-state index < -0.39 is 0 Å². The number of nitrogens with zero attached hydrogens (tertiary/aromatic N) is 2. The average molecular weight is 274 g/mol. The van der Waals surface area contributed by atoms with Gasteiger partial charge in [0.15, 0.2) is 0 Å².